The average Bonchev–Trinajstić information content (AvgIpc) is 3.51. The molecule has 2 aliphatic rings. The highest BCUT2D eigenvalue weighted by Crippen LogP contribution is 2.43. The lowest BCUT2D eigenvalue weighted by Gasteiger charge is -2.28. The van der Waals surface area contributed by atoms with E-state index in [2.05, 4.69) is 55.7 Å². The fourth-order valence-corrected chi connectivity index (χ4v) is 5.71. The number of aromatic nitrogens is 2. The molecule has 7 heteroatoms. The predicted octanol–water partition coefficient (Wildman–Crippen LogP) is 6.22. The monoisotopic (exact) mass is 487 g/mol. The number of nitrogens with one attached hydrogen (secondary N) is 2. The summed E-state index contributed by atoms with van der Waals surface area (Å²) in [6.07, 6.45) is 13.3. The highest BCUT2D eigenvalue weighted by atomic mass is 32.1. The maximum Gasteiger partial charge on any atom is 0.224 e. The van der Waals surface area contributed by atoms with Crippen molar-refractivity contribution in [3.63, 3.8) is 0 Å². The number of benzene rings is 1. The van der Waals surface area contributed by atoms with E-state index in [-0.39, 0.29) is 18.0 Å². The summed E-state index contributed by atoms with van der Waals surface area (Å²) in [6.45, 7) is 3.88. The third-order valence-corrected chi connectivity index (χ3v) is 7.57. The first-order valence-electron chi connectivity index (χ1n) is 12.6. The molecule has 1 amide bonds. The van der Waals surface area contributed by atoms with Gasteiger partial charge >= 0.3 is 0 Å². The minimum atomic E-state index is -0.0642. The quantitative estimate of drug-likeness (QED) is 0.404. The van der Waals surface area contributed by atoms with Gasteiger partial charge in [0.1, 0.15) is 0 Å². The summed E-state index contributed by atoms with van der Waals surface area (Å²) in [5.74, 6) is 0.0105. The first-order valence-corrected chi connectivity index (χ1v) is 13.0. The summed E-state index contributed by atoms with van der Waals surface area (Å²) < 4.78 is 2.40. The van der Waals surface area contributed by atoms with Crippen molar-refractivity contribution in [2.45, 2.75) is 70.5 Å². The number of nitrogens with zero attached hydrogens (tertiary/aromatic N) is 3. The van der Waals surface area contributed by atoms with Gasteiger partial charge in [0.15, 0.2) is 5.11 Å². The first kappa shape index (κ1) is 23.5. The first-order chi connectivity index (χ1) is 17.0. The van der Waals surface area contributed by atoms with Crippen molar-refractivity contribution < 1.29 is 4.79 Å². The van der Waals surface area contributed by atoms with Crippen molar-refractivity contribution in [1.82, 2.24) is 14.9 Å². The Labute approximate surface area is 212 Å². The Morgan fingerprint density at radius 2 is 2.00 bits per heavy atom. The molecular formula is C28H33N5OS. The van der Waals surface area contributed by atoms with E-state index < -0.39 is 0 Å². The van der Waals surface area contributed by atoms with Crippen molar-refractivity contribution in [3.05, 3.63) is 77.9 Å². The highest BCUT2D eigenvalue weighted by Gasteiger charge is 2.41. The van der Waals surface area contributed by atoms with Crippen LogP contribution in [0.3, 0.4) is 0 Å². The second-order valence-corrected chi connectivity index (χ2v) is 9.97. The largest absolute Gasteiger partial charge is 0.351 e. The van der Waals surface area contributed by atoms with E-state index in [1.807, 2.05) is 44.3 Å². The zero-order chi connectivity index (χ0) is 24.4. The van der Waals surface area contributed by atoms with Crippen molar-refractivity contribution in [2.24, 2.45) is 0 Å². The van der Waals surface area contributed by atoms with Gasteiger partial charge in [0.05, 0.1) is 17.8 Å². The Morgan fingerprint density at radius 1 is 1.17 bits per heavy atom. The number of rotatable bonds is 6. The molecule has 6 nitrogen and oxygen atoms in total. The van der Waals surface area contributed by atoms with Crippen molar-refractivity contribution in [2.75, 3.05) is 10.2 Å². The third kappa shape index (κ3) is 4.82. The van der Waals surface area contributed by atoms with Crippen LogP contribution in [0.5, 0.6) is 0 Å². The van der Waals surface area contributed by atoms with Crippen LogP contribution in [-0.4, -0.2) is 20.6 Å². The lowest BCUT2D eigenvalue weighted by Crippen LogP contribution is -2.29. The van der Waals surface area contributed by atoms with E-state index in [1.54, 1.807) is 0 Å². The topological polar surface area (TPSA) is 62.2 Å². The molecule has 2 aromatic heterocycles. The Morgan fingerprint density at radius 3 is 2.71 bits per heavy atom. The summed E-state index contributed by atoms with van der Waals surface area (Å²) in [5, 5.41) is 7.22. The van der Waals surface area contributed by atoms with E-state index in [0.717, 1.165) is 22.6 Å². The molecule has 1 aliphatic heterocycles. The van der Waals surface area contributed by atoms with E-state index in [0.29, 0.717) is 17.6 Å². The molecule has 5 rings (SSSR count). The van der Waals surface area contributed by atoms with Gasteiger partial charge in [0.2, 0.25) is 5.91 Å². The van der Waals surface area contributed by atoms with Gasteiger partial charge in [-0.05, 0) is 79.5 Å². The maximum atomic E-state index is 11.9. The molecule has 1 saturated carbocycles. The molecular weight excluding hydrogens is 454 g/mol. The van der Waals surface area contributed by atoms with Gasteiger partial charge < -0.3 is 20.1 Å². The van der Waals surface area contributed by atoms with Crippen molar-refractivity contribution in [3.8, 4) is 0 Å². The molecule has 3 aromatic rings. The van der Waals surface area contributed by atoms with Crippen LogP contribution in [0.4, 0.5) is 11.4 Å². The van der Waals surface area contributed by atoms with Crippen molar-refractivity contribution in [1.29, 1.82) is 0 Å². The zero-order valence-corrected chi connectivity index (χ0v) is 21.2. The Hall–Kier alpha value is -3.19. The van der Waals surface area contributed by atoms with Gasteiger partial charge in [-0.3, -0.25) is 9.78 Å². The summed E-state index contributed by atoms with van der Waals surface area (Å²) in [4.78, 5) is 18.8. The Balaban J connectivity index is 1.52. The number of hydrogen-bond acceptors (Lipinski definition) is 3. The molecule has 1 aromatic carbocycles. The molecule has 0 radical (unpaired) electrons. The van der Waals surface area contributed by atoms with Gasteiger partial charge in [0, 0.05) is 42.4 Å². The van der Waals surface area contributed by atoms with Gasteiger partial charge in [-0.15, -0.1) is 0 Å². The number of amides is 1. The molecule has 0 bridgehead atoms. The predicted molar refractivity (Wildman–Crippen MR) is 145 cm³/mol. The van der Waals surface area contributed by atoms with Gasteiger partial charge in [-0.2, -0.15) is 0 Å². The maximum absolute atomic E-state index is 11.9. The average molecular weight is 488 g/mol. The number of aryl methyl sites for hydroxylation is 1. The highest BCUT2D eigenvalue weighted by molar-refractivity contribution is 7.80. The number of pyridine rings is 1. The fourth-order valence-electron chi connectivity index (χ4n) is 5.36. The molecule has 0 spiro atoms. The van der Waals surface area contributed by atoms with Crippen LogP contribution in [0.25, 0.3) is 0 Å². The molecule has 2 N–H and O–H groups in total. The zero-order valence-electron chi connectivity index (χ0n) is 20.4. The lowest BCUT2D eigenvalue weighted by atomic mass is 9.95. The molecule has 182 valence electrons. The van der Waals surface area contributed by atoms with E-state index in [4.69, 9.17) is 12.2 Å². The van der Waals surface area contributed by atoms with Crippen LogP contribution in [0.1, 0.15) is 80.4 Å². The Kier molecular flexibility index (Phi) is 6.86. The van der Waals surface area contributed by atoms with Crippen LogP contribution < -0.4 is 15.5 Å². The second kappa shape index (κ2) is 10.2. The number of thiocarbonyl (C=S) groups is 1. The summed E-state index contributed by atoms with van der Waals surface area (Å²) in [7, 11) is 0. The van der Waals surface area contributed by atoms with Crippen molar-refractivity contribution >= 4 is 34.6 Å². The smallest absolute Gasteiger partial charge is 0.224 e. The molecule has 2 fully saturated rings. The van der Waals surface area contributed by atoms with Crippen LogP contribution in [-0.2, 0) is 4.79 Å². The summed E-state index contributed by atoms with van der Waals surface area (Å²) >= 11 is 5.88. The number of carbonyl (C=O) groups is 1. The fraction of sp³-hybridized carbons (Fsp3) is 0.393. The van der Waals surface area contributed by atoms with Crippen LogP contribution >= 0.6 is 12.2 Å². The molecule has 35 heavy (non-hydrogen) atoms. The normalized spacial score (nSPS) is 20.6. The summed E-state index contributed by atoms with van der Waals surface area (Å²) in [5.41, 5.74) is 5.03. The molecule has 1 aliphatic carbocycles. The standard InChI is InChI=1S/C28H33N5OS/c1-3-25(34)30-23-13-12-22(17-19(23)2)33-27(26(31-28(33)35)24-11-7-8-15-29-24)20-14-16-32(18-20)21-9-5-4-6-10-21/h7-8,11-18,21,26-27H,3-6,9-10H2,1-2H3,(H,30,34)(H,31,35)/t26-,27-/m0/s1. The molecule has 1 saturated heterocycles. The SMILES string of the molecule is CCC(=O)Nc1ccc(N2C(=S)N[C@@H](c3ccccn3)[C@@H]2c2ccn(C3CCCCC3)c2)cc1C. The molecule has 2 atom stereocenters. The minimum Gasteiger partial charge on any atom is -0.351 e. The minimum absolute atomic E-state index is 0.0105. The van der Waals surface area contributed by atoms with Crippen LogP contribution in [0.15, 0.2) is 61.1 Å². The van der Waals surface area contributed by atoms with Gasteiger partial charge in [-0.1, -0.05) is 32.3 Å². The number of carbonyl (C=O) groups excluding carboxylic acids is 1. The Bertz CT molecular complexity index is 1200. The number of hydrogen-bond donors (Lipinski definition) is 2. The third-order valence-electron chi connectivity index (χ3n) is 7.26. The molecule has 3 heterocycles. The second-order valence-electron chi connectivity index (χ2n) is 9.58. The lowest BCUT2D eigenvalue weighted by molar-refractivity contribution is -0.115. The van der Waals surface area contributed by atoms with Gasteiger partial charge in [-0.25, -0.2) is 0 Å². The number of anilines is 2. The molecule has 0 unspecified atom stereocenters. The summed E-state index contributed by atoms with van der Waals surface area (Å²) in [6, 6.07) is 14.9. The van der Waals surface area contributed by atoms with Crippen LogP contribution in [0, 0.1) is 6.92 Å². The van der Waals surface area contributed by atoms with E-state index in [9.17, 15) is 4.79 Å². The van der Waals surface area contributed by atoms with E-state index >= 15 is 0 Å². The van der Waals surface area contributed by atoms with Gasteiger partial charge in [0.25, 0.3) is 0 Å². The van der Waals surface area contributed by atoms with Crippen LogP contribution in [0.2, 0.25) is 0 Å². The van der Waals surface area contributed by atoms with E-state index in [1.165, 1.54) is 37.7 Å².